The third-order valence-corrected chi connectivity index (χ3v) is 4.70. The van der Waals surface area contributed by atoms with Gasteiger partial charge in [-0.05, 0) is 48.5 Å². The number of nitrogens with zero attached hydrogens (tertiary/aromatic N) is 4. The van der Waals surface area contributed by atoms with Crippen molar-refractivity contribution < 1.29 is 13.9 Å². The first-order valence-corrected chi connectivity index (χ1v) is 9.61. The molecule has 1 N–H and O–H groups in total. The second-order valence-electron chi connectivity index (χ2n) is 6.20. The van der Waals surface area contributed by atoms with Crippen molar-refractivity contribution in [1.82, 2.24) is 25.1 Å². The topological polar surface area (TPSA) is 81.4 Å². The number of fused-ring (bicyclic) bond motifs is 1. The highest BCUT2D eigenvalue weighted by Gasteiger charge is 2.12. The van der Waals surface area contributed by atoms with E-state index < -0.39 is 0 Å². The van der Waals surface area contributed by atoms with Gasteiger partial charge >= 0.3 is 0 Å². The Bertz CT molecular complexity index is 1210. The summed E-state index contributed by atoms with van der Waals surface area (Å²) in [7, 11) is 0. The van der Waals surface area contributed by atoms with Crippen LogP contribution >= 0.6 is 23.2 Å². The van der Waals surface area contributed by atoms with Crippen molar-refractivity contribution in [3.8, 4) is 17.3 Å². The summed E-state index contributed by atoms with van der Waals surface area (Å²) in [5.74, 6) is 0.109. The maximum absolute atomic E-state index is 13.2. The summed E-state index contributed by atoms with van der Waals surface area (Å²) in [5, 5.41) is 15.9. The molecule has 0 unspecified atom stereocenters. The largest absolute Gasteiger partial charge is 0.475 e. The molecule has 0 aliphatic heterocycles. The van der Waals surface area contributed by atoms with Gasteiger partial charge in [0.15, 0.2) is 11.5 Å². The SMILES string of the molecule is O=C(NCCOc1ccc2nnc(-c3ccc(F)cc3)n2n1)c1ccc(Cl)cc1Cl. The van der Waals surface area contributed by atoms with E-state index in [1.165, 1.54) is 22.7 Å². The fourth-order valence-corrected chi connectivity index (χ4v) is 3.21. The standard InChI is InChI=1S/C20H14Cl2FN5O2/c21-13-3-6-15(16(22)11-13)20(29)24-9-10-30-18-8-7-17-25-26-19(28(17)27-18)12-1-4-14(23)5-2-12/h1-8,11H,9-10H2,(H,24,29). The summed E-state index contributed by atoms with van der Waals surface area (Å²) in [4.78, 5) is 12.2. The van der Waals surface area contributed by atoms with Gasteiger partial charge in [0.05, 0.1) is 17.1 Å². The van der Waals surface area contributed by atoms with Crippen LogP contribution in [0.1, 0.15) is 10.4 Å². The highest BCUT2D eigenvalue weighted by molar-refractivity contribution is 6.36. The molecule has 1 amide bonds. The van der Waals surface area contributed by atoms with E-state index in [1.54, 1.807) is 36.4 Å². The molecule has 2 heterocycles. The van der Waals surface area contributed by atoms with E-state index in [9.17, 15) is 9.18 Å². The molecule has 0 aliphatic rings. The third-order valence-electron chi connectivity index (χ3n) is 4.15. The van der Waals surface area contributed by atoms with Gasteiger partial charge in [-0.25, -0.2) is 4.39 Å². The predicted octanol–water partition coefficient (Wildman–Crippen LogP) is 4.05. The second kappa shape index (κ2) is 8.64. The molecular weight excluding hydrogens is 432 g/mol. The van der Waals surface area contributed by atoms with Crippen LogP contribution in [0.15, 0.2) is 54.6 Å². The fraction of sp³-hybridized carbons (Fsp3) is 0.100. The van der Waals surface area contributed by atoms with Gasteiger partial charge in [0, 0.05) is 16.7 Å². The third kappa shape index (κ3) is 4.34. The number of ether oxygens (including phenoxy) is 1. The molecule has 0 bridgehead atoms. The number of benzene rings is 2. The number of hydrogen-bond donors (Lipinski definition) is 1. The number of aromatic nitrogens is 4. The molecule has 30 heavy (non-hydrogen) atoms. The van der Waals surface area contributed by atoms with Crippen molar-refractivity contribution in [2.24, 2.45) is 0 Å². The molecule has 10 heteroatoms. The number of halogens is 3. The highest BCUT2D eigenvalue weighted by atomic mass is 35.5. The number of nitrogens with one attached hydrogen (secondary N) is 1. The van der Waals surface area contributed by atoms with Crippen molar-refractivity contribution in [3.63, 3.8) is 0 Å². The van der Waals surface area contributed by atoms with E-state index >= 15 is 0 Å². The second-order valence-corrected chi connectivity index (χ2v) is 7.04. The molecule has 0 atom stereocenters. The highest BCUT2D eigenvalue weighted by Crippen LogP contribution is 2.21. The molecule has 4 aromatic rings. The van der Waals surface area contributed by atoms with E-state index in [2.05, 4.69) is 20.6 Å². The molecule has 0 radical (unpaired) electrons. The van der Waals surface area contributed by atoms with Crippen LogP contribution in [0.2, 0.25) is 10.0 Å². The van der Waals surface area contributed by atoms with Gasteiger partial charge in [0.2, 0.25) is 5.88 Å². The Balaban J connectivity index is 1.40. The lowest BCUT2D eigenvalue weighted by atomic mass is 10.2. The van der Waals surface area contributed by atoms with Gasteiger partial charge in [0.25, 0.3) is 5.91 Å². The molecule has 7 nitrogen and oxygen atoms in total. The van der Waals surface area contributed by atoms with Gasteiger partial charge in [-0.1, -0.05) is 23.2 Å². The van der Waals surface area contributed by atoms with Crippen LogP contribution in [0, 0.1) is 5.82 Å². The van der Waals surface area contributed by atoms with Crippen LogP contribution in [0.5, 0.6) is 5.88 Å². The summed E-state index contributed by atoms with van der Waals surface area (Å²) in [5.41, 5.74) is 1.52. The number of carbonyl (C=O) groups excluding carboxylic acids is 1. The monoisotopic (exact) mass is 445 g/mol. The minimum atomic E-state index is -0.341. The van der Waals surface area contributed by atoms with Gasteiger partial charge in [-0.15, -0.1) is 15.3 Å². The number of rotatable bonds is 6. The first kappa shape index (κ1) is 20.1. The van der Waals surface area contributed by atoms with Gasteiger partial charge in [0.1, 0.15) is 12.4 Å². The Morgan fingerprint density at radius 3 is 2.63 bits per heavy atom. The minimum Gasteiger partial charge on any atom is -0.475 e. The minimum absolute atomic E-state index is 0.184. The zero-order chi connectivity index (χ0) is 21.1. The van der Waals surface area contributed by atoms with Crippen molar-refractivity contribution in [2.75, 3.05) is 13.2 Å². The van der Waals surface area contributed by atoms with Gasteiger partial charge in [-0.3, -0.25) is 4.79 Å². The van der Waals surface area contributed by atoms with Crippen LogP contribution in [0.4, 0.5) is 4.39 Å². The molecule has 0 saturated carbocycles. The summed E-state index contributed by atoms with van der Waals surface area (Å²) in [6.45, 7) is 0.425. The zero-order valence-electron chi connectivity index (χ0n) is 15.3. The quantitative estimate of drug-likeness (QED) is 0.452. The lowest BCUT2D eigenvalue weighted by Crippen LogP contribution is -2.28. The van der Waals surface area contributed by atoms with Gasteiger partial charge in [-0.2, -0.15) is 4.52 Å². The van der Waals surface area contributed by atoms with Crippen LogP contribution in [-0.2, 0) is 0 Å². The Morgan fingerprint density at radius 2 is 1.87 bits per heavy atom. The molecule has 2 aromatic heterocycles. The molecule has 0 aliphatic carbocycles. The number of carbonyl (C=O) groups is 1. The zero-order valence-corrected chi connectivity index (χ0v) is 16.9. The van der Waals surface area contributed by atoms with Gasteiger partial charge < -0.3 is 10.1 Å². The average Bonchev–Trinajstić information content (AvgIpc) is 3.15. The molecule has 152 valence electrons. The summed E-state index contributed by atoms with van der Waals surface area (Å²) in [6.07, 6.45) is 0. The lowest BCUT2D eigenvalue weighted by Gasteiger charge is -2.09. The fourth-order valence-electron chi connectivity index (χ4n) is 2.72. The molecule has 0 spiro atoms. The van der Waals surface area contributed by atoms with Crippen molar-refractivity contribution in [2.45, 2.75) is 0 Å². The Hall–Kier alpha value is -3.23. The molecule has 0 fully saturated rings. The van der Waals surface area contributed by atoms with Crippen LogP contribution in [0.3, 0.4) is 0 Å². The number of amides is 1. The molecule has 4 rings (SSSR count). The van der Waals surface area contributed by atoms with E-state index in [4.69, 9.17) is 27.9 Å². The van der Waals surface area contributed by atoms with Crippen LogP contribution < -0.4 is 10.1 Å². The normalized spacial score (nSPS) is 10.9. The van der Waals surface area contributed by atoms with E-state index in [0.717, 1.165) is 0 Å². The molecular formula is C20H14Cl2FN5O2. The first-order chi connectivity index (χ1) is 14.5. The molecule has 2 aromatic carbocycles. The van der Waals surface area contributed by atoms with Crippen molar-refractivity contribution in [1.29, 1.82) is 0 Å². The smallest absolute Gasteiger partial charge is 0.252 e. The first-order valence-electron chi connectivity index (χ1n) is 8.86. The Kier molecular flexibility index (Phi) is 5.78. The summed E-state index contributed by atoms with van der Waals surface area (Å²) < 4.78 is 20.3. The van der Waals surface area contributed by atoms with Crippen molar-refractivity contribution >= 4 is 34.8 Å². The number of hydrogen-bond acceptors (Lipinski definition) is 5. The Morgan fingerprint density at radius 1 is 1.07 bits per heavy atom. The predicted molar refractivity (Wildman–Crippen MR) is 110 cm³/mol. The van der Waals surface area contributed by atoms with Crippen LogP contribution in [-0.4, -0.2) is 38.9 Å². The maximum Gasteiger partial charge on any atom is 0.252 e. The van der Waals surface area contributed by atoms with Crippen molar-refractivity contribution in [3.05, 3.63) is 76.0 Å². The molecule has 0 saturated heterocycles. The Labute approximate surface area is 180 Å². The summed E-state index contributed by atoms with van der Waals surface area (Å²) in [6, 6.07) is 13.9. The summed E-state index contributed by atoms with van der Waals surface area (Å²) >= 11 is 11.9. The average molecular weight is 446 g/mol. The van der Waals surface area contributed by atoms with E-state index in [0.29, 0.717) is 33.5 Å². The van der Waals surface area contributed by atoms with Crippen LogP contribution in [0.25, 0.3) is 17.0 Å². The lowest BCUT2D eigenvalue weighted by molar-refractivity contribution is 0.0946. The van der Waals surface area contributed by atoms with E-state index in [-0.39, 0.29) is 29.9 Å². The maximum atomic E-state index is 13.2. The van der Waals surface area contributed by atoms with E-state index in [1.807, 2.05) is 0 Å².